The van der Waals surface area contributed by atoms with E-state index in [0.29, 0.717) is 45.8 Å². The van der Waals surface area contributed by atoms with Gasteiger partial charge in [-0.2, -0.15) is 4.98 Å². The summed E-state index contributed by atoms with van der Waals surface area (Å²) in [7, 11) is -3.11. The van der Waals surface area contributed by atoms with E-state index in [0.717, 1.165) is 32.1 Å². The van der Waals surface area contributed by atoms with Crippen LogP contribution >= 0.6 is 11.6 Å². The molecule has 2 aromatic rings. The molecule has 4 aliphatic carbocycles. The van der Waals surface area contributed by atoms with Gasteiger partial charge in [-0.1, -0.05) is 23.7 Å². The molecule has 4 fully saturated rings. The third kappa shape index (κ3) is 4.52. The first kappa shape index (κ1) is 21.0. The van der Waals surface area contributed by atoms with E-state index in [9.17, 15) is 13.5 Å². The third-order valence-electron chi connectivity index (χ3n) is 6.90. The summed E-state index contributed by atoms with van der Waals surface area (Å²) in [6, 6.07) is 7.47. The number of anilines is 3. The molecule has 0 radical (unpaired) electrons. The SMILES string of the molecule is CS(=O)(=O)Cc1cccc(Nc2ncc(Cl)c(N[C@H]3C4CC5CC3C[C@](O)(C5)C4)n2)c1. The molecule has 9 heteroatoms. The minimum absolute atomic E-state index is 0.0192. The largest absolute Gasteiger partial charge is 0.390 e. The van der Waals surface area contributed by atoms with Gasteiger partial charge in [0, 0.05) is 18.0 Å². The maximum atomic E-state index is 11.6. The van der Waals surface area contributed by atoms with Gasteiger partial charge in [-0.15, -0.1) is 0 Å². The number of hydrogen-bond acceptors (Lipinski definition) is 7. The molecular weight excluding hydrogens is 436 g/mol. The number of benzene rings is 1. The van der Waals surface area contributed by atoms with Crippen molar-refractivity contribution in [1.82, 2.24) is 9.97 Å². The van der Waals surface area contributed by atoms with Crippen LogP contribution < -0.4 is 10.6 Å². The molecule has 4 aliphatic rings. The van der Waals surface area contributed by atoms with Gasteiger partial charge < -0.3 is 15.7 Å². The lowest BCUT2D eigenvalue weighted by Crippen LogP contribution is -2.59. The van der Waals surface area contributed by atoms with Crippen LogP contribution in [-0.2, 0) is 15.6 Å². The Balaban J connectivity index is 1.33. The molecule has 3 N–H and O–H groups in total. The number of aromatic nitrogens is 2. The maximum absolute atomic E-state index is 11.6. The number of nitrogens with zero attached hydrogens (tertiary/aromatic N) is 2. The highest BCUT2D eigenvalue weighted by molar-refractivity contribution is 7.89. The summed E-state index contributed by atoms with van der Waals surface area (Å²) in [5, 5.41) is 18.0. The zero-order valence-corrected chi connectivity index (χ0v) is 19.0. The van der Waals surface area contributed by atoms with E-state index in [1.54, 1.807) is 24.4 Å². The summed E-state index contributed by atoms with van der Waals surface area (Å²) in [6.07, 6.45) is 7.73. The van der Waals surface area contributed by atoms with Gasteiger partial charge in [-0.3, -0.25) is 0 Å². The summed E-state index contributed by atoms with van der Waals surface area (Å²) < 4.78 is 23.2. The van der Waals surface area contributed by atoms with E-state index >= 15 is 0 Å². The van der Waals surface area contributed by atoms with Crippen molar-refractivity contribution in [3.05, 3.63) is 41.0 Å². The number of rotatable bonds is 6. The number of aliphatic hydroxyl groups is 1. The lowest BCUT2D eigenvalue weighted by Gasteiger charge is -2.58. The predicted octanol–water partition coefficient (Wildman–Crippen LogP) is 3.77. The fourth-order valence-corrected chi connectivity index (χ4v) is 7.00. The van der Waals surface area contributed by atoms with E-state index in [1.165, 1.54) is 6.26 Å². The van der Waals surface area contributed by atoms with Crippen LogP contribution in [0.2, 0.25) is 5.02 Å². The van der Waals surface area contributed by atoms with E-state index in [1.807, 2.05) is 6.07 Å². The normalized spacial score (nSPS) is 31.6. The smallest absolute Gasteiger partial charge is 0.229 e. The summed E-state index contributed by atoms with van der Waals surface area (Å²) in [4.78, 5) is 8.88. The summed E-state index contributed by atoms with van der Waals surface area (Å²) in [5.41, 5.74) is 0.936. The molecule has 166 valence electrons. The lowest BCUT2D eigenvalue weighted by atomic mass is 9.52. The molecule has 2 atom stereocenters. The Morgan fingerprint density at radius 3 is 2.65 bits per heavy atom. The summed E-state index contributed by atoms with van der Waals surface area (Å²) in [5.74, 6) is 2.48. The Bertz CT molecular complexity index is 1090. The number of nitrogens with one attached hydrogen (secondary N) is 2. The van der Waals surface area contributed by atoms with Crippen LogP contribution in [0, 0.1) is 17.8 Å². The van der Waals surface area contributed by atoms with Gasteiger partial charge in [0.25, 0.3) is 0 Å². The molecule has 0 amide bonds. The molecule has 0 spiro atoms. The van der Waals surface area contributed by atoms with Crippen molar-refractivity contribution < 1.29 is 13.5 Å². The Labute approximate surface area is 187 Å². The molecule has 4 saturated carbocycles. The molecule has 4 bridgehead atoms. The first-order chi connectivity index (χ1) is 14.7. The molecule has 1 heterocycles. The Morgan fingerprint density at radius 2 is 1.97 bits per heavy atom. The fraction of sp³-hybridized carbons (Fsp3) is 0.545. The molecule has 0 aliphatic heterocycles. The monoisotopic (exact) mass is 462 g/mol. The first-order valence-corrected chi connectivity index (χ1v) is 13.1. The highest BCUT2D eigenvalue weighted by Gasteiger charge is 2.54. The first-order valence-electron chi connectivity index (χ1n) is 10.7. The molecule has 31 heavy (non-hydrogen) atoms. The fourth-order valence-electron chi connectivity index (χ4n) is 6.07. The van der Waals surface area contributed by atoms with Gasteiger partial charge in [-0.25, -0.2) is 13.4 Å². The van der Waals surface area contributed by atoms with Crippen LogP contribution in [0.25, 0.3) is 0 Å². The van der Waals surface area contributed by atoms with E-state index in [-0.39, 0.29) is 11.8 Å². The van der Waals surface area contributed by atoms with E-state index in [4.69, 9.17) is 11.6 Å². The maximum Gasteiger partial charge on any atom is 0.229 e. The zero-order chi connectivity index (χ0) is 21.8. The van der Waals surface area contributed by atoms with Crippen molar-refractivity contribution in [2.75, 3.05) is 16.9 Å². The zero-order valence-electron chi connectivity index (χ0n) is 17.4. The molecule has 0 saturated heterocycles. The molecule has 2 unspecified atom stereocenters. The highest BCUT2D eigenvalue weighted by Crippen LogP contribution is 2.56. The third-order valence-corrected chi connectivity index (χ3v) is 8.03. The van der Waals surface area contributed by atoms with Crippen molar-refractivity contribution in [3.63, 3.8) is 0 Å². The van der Waals surface area contributed by atoms with Crippen molar-refractivity contribution >= 4 is 38.9 Å². The van der Waals surface area contributed by atoms with Crippen LogP contribution in [0.15, 0.2) is 30.5 Å². The van der Waals surface area contributed by atoms with Crippen molar-refractivity contribution in [2.24, 2.45) is 17.8 Å². The Morgan fingerprint density at radius 1 is 1.23 bits per heavy atom. The lowest BCUT2D eigenvalue weighted by molar-refractivity contribution is -0.129. The Hall–Kier alpha value is -1.90. The van der Waals surface area contributed by atoms with E-state index in [2.05, 4.69) is 20.6 Å². The van der Waals surface area contributed by atoms with Gasteiger partial charge in [0.1, 0.15) is 5.02 Å². The molecule has 1 aromatic heterocycles. The summed E-state index contributed by atoms with van der Waals surface area (Å²) >= 11 is 6.41. The van der Waals surface area contributed by atoms with E-state index < -0.39 is 15.4 Å². The Kier molecular flexibility index (Phi) is 5.14. The number of sulfone groups is 1. The molecule has 1 aromatic carbocycles. The van der Waals surface area contributed by atoms with Gasteiger partial charge in [0.15, 0.2) is 15.7 Å². The van der Waals surface area contributed by atoms with Crippen molar-refractivity contribution in [1.29, 1.82) is 0 Å². The van der Waals surface area contributed by atoms with Crippen LogP contribution in [0.3, 0.4) is 0 Å². The van der Waals surface area contributed by atoms with Crippen molar-refractivity contribution in [3.8, 4) is 0 Å². The van der Waals surface area contributed by atoms with Crippen LogP contribution in [0.4, 0.5) is 17.5 Å². The quantitative estimate of drug-likeness (QED) is 0.600. The van der Waals surface area contributed by atoms with Gasteiger partial charge >= 0.3 is 0 Å². The second kappa shape index (κ2) is 7.60. The average Bonchev–Trinajstić information content (AvgIpc) is 2.64. The van der Waals surface area contributed by atoms with Gasteiger partial charge in [-0.05, 0) is 67.6 Å². The molecular formula is C22H27ClN4O3S. The highest BCUT2D eigenvalue weighted by atomic mass is 35.5. The minimum atomic E-state index is -3.11. The number of halogens is 1. The van der Waals surface area contributed by atoms with Crippen LogP contribution in [-0.4, -0.2) is 41.4 Å². The average molecular weight is 463 g/mol. The molecule has 6 rings (SSSR count). The predicted molar refractivity (Wildman–Crippen MR) is 121 cm³/mol. The topological polar surface area (TPSA) is 104 Å². The van der Waals surface area contributed by atoms with Crippen LogP contribution in [0.5, 0.6) is 0 Å². The minimum Gasteiger partial charge on any atom is -0.390 e. The standard InChI is InChI=1S/C22H27ClN4O3S/c1-31(29,30)12-13-3-2-4-17(7-13)25-21-24-11-18(23)20(27-21)26-19-15-5-14-6-16(19)10-22(28,8-14)9-15/h2-4,7,11,14-16,19,28H,5-6,8-10,12H2,1H3,(H2,24,25,26,27)/t14?,15?,16?,19-,22-. The van der Waals surface area contributed by atoms with Crippen molar-refractivity contribution in [2.45, 2.75) is 49.5 Å². The second-order valence-corrected chi connectivity index (χ2v) is 12.2. The number of hydrogen-bond donors (Lipinski definition) is 3. The van der Waals surface area contributed by atoms with Crippen LogP contribution in [0.1, 0.15) is 37.7 Å². The molecule has 7 nitrogen and oxygen atoms in total. The van der Waals surface area contributed by atoms with Gasteiger partial charge in [0.2, 0.25) is 5.95 Å². The summed E-state index contributed by atoms with van der Waals surface area (Å²) in [6.45, 7) is 0. The van der Waals surface area contributed by atoms with Gasteiger partial charge in [0.05, 0.1) is 17.6 Å². The second-order valence-electron chi connectivity index (χ2n) is 9.65.